The van der Waals surface area contributed by atoms with Crippen LogP contribution in [0.1, 0.15) is 18.1 Å². The molecule has 2 aromatic carbocycles. The van der Waals surface area contributed by atoms with E-state index in [4.69, 9.17) is 14.5 Å². The Labute approximate surface area is 176 Å². The van der Waals surface area contributed by atoms with Crippen LogP contribution < -0.4 is 20.1 Å². The highest BCUT2D eigenvalue weighted by atomic mass is 16.6. The van der Waals surface area contributed by atoms with Crippen LogP contribution in [0.5, 0.6) is 11.5 Å². The van der Waals surface area contributed by atoms with Crippen molar-refractivity contribution in [3.05, 3.63) is 72.3 Å². The number of fused-ring (bicyclic) bond motifs is 1. The number of ether oxygens (including phenoxy) is 2. The normalized spacial score (nSPS) is 15.6. The van der Waals surface area contributed by atoms with Gasteiger partial charge in [-0.2, -0.15) is 5.10 Å². The van der Waals surface area contributed by atoms with Crippen LogP contribution in [-0.4, -0.2) is 46.5 Å². The fourth-order valence-electron chi connectivity index (χ4n) is 3.21. The molecule has 0 fully saturated rings. The summed E-state index contributed by atoms with van der Waals surface area (Å²) in [6.45, 7) is 5.21. The molecular formula is C22H26N6O2. The van der Waals surface area contributed by atoms with Gasteiger partial charge in [-0.05, 0) is 30.2 Å². The Hall–Kier alpha value is -3.55. The first-order valence-electron chi connectivity index (χ1n) is 10.1. The van der Waals surface area contributed by atoms with Crippen LogP contribution in [0.3, 0.4) is 0 Å². The van der Waals surface area contributed by atoms with Crippen molar-refractivity contribution in [2.45, 2.75) is 26.1 Å². The number of hydrogen-bond acceptors (Lipinski definition) is 5. The molecule has 2 N–H and O–H groups in total. The summed E-state index contributed by atoms with van der Waals surface area (Å²) in [6.07, 6.45) is 3.19. The molecule has 0 saturated heterocycles. The highest BCUT2D eigenvalue weighted by Gasteiger charge is 2.20. The molecule has 0 bridgehead atoms. The average molecular weight is 406 g/mol. The topological polar surface area (TPSA) is 85.6 Å². The molecule has 0 aliphatic carbocycles. The molecule has 156 valence electrons. The second kappa shape index (κ2) is 9.78. The van der Waals surface area contributed by atoms with E-state index in [1.54, 1.807) is 17.3 Å². The van der Waals surface area contributed by atoms with Crippen LogP contribution in [0.4, 0.5) is 0 Å². The van der Waals surface area contributed by atoms with Crippen LogP contribution in [0.2, 0.25) is 0 Å². The van der Waals surface area contributed by atoms with Gasteiger partial charge >= 0.3 is 0 Å². The highest BCUT2D eigenvalue weighted by Crippen LogP contribution is 2.30. The summed E-state index contributed by atoms with van der Waals surface area (Å²) in [5.41, 5.74) is 2.30. The van der Waals surface area contributed by atoms with E-state index in [2.05, 4.69) is 38.9 Å². The molecule has 1 aliphatic heterocycles. The van der Waals surface area contributed by atoms with Crippen LogP contribution in [0, 0.1) is 0 Å². The van der Waals surface area contributed by atoms with Crippen molar-refractivity contribution in [1.29, 1.82) is 0 Å². The molecule has 0 radical (unpaired) electrons. The number of guanidine groups is 1. The van der Waals surface area contributed by atoms with E-state index >= 15 is 0 Å². The monoisotopic (exact) mass is 406 g/mol. The summed E-state index contributed by atoms with van der Waals surface area (Å²) in [5.74, 6) is 2.32. The molecule has 0 saturated carbocycles. The first-order chi connectivity index (χ1) is 14.8. The van der Waals surface area contributed by atoms with Crippen molar-refractivity contribution in [2.75, 3.05) is 19.7 Å². The van der Waals surface area contributed by atoms with Crippen LogP contribution in [0.25, 0.3) is 0 Å². The fraction of sp³-hybridized carbons (Fsp3) is 0.318. The zero-order valence-corrected chi connectivity index (χ0v) is 17.0. The van der Waals surface area contributed by atoms with E-state index in [1.165, 1.54) is 0 Å². The largest absolute Gasteiger partial charge is 0.486 e. The van der Waals surface area contributed by atoms with Gasteiger partial charge in [0.25, 0.3) is 0 Å². The molecule has 4 rings (SSSR count). The minimum Gasteiger partial charge on any atom is -0.486 e. The fourth-order valence-corrected chi connectivity index (χ4v) is 3.21. The van der Waals surface area contributed by atoms with Gasteiger partial charge in [0.05, 0.1) is 19.6 Å². The Balaban J connectivity index is 1.34. The minimum atomic E-state index is -0.0743. The third kappa shape index (κ3) is 5.28. The van der Waals surface area contributed by atoms with E-state index in [1.807, 2.05) is 37.3 Å². The van der Waals surface area contributed by atoms with Crippen LogP contribution in [-0.2, 0) is 13.1 Å². The molecule has 1 aliphatic rings. The molecule has 0 amide bonds. The first-order valence-corrected chi connectivity index (χ1v) is 10.1. The lowest BCUT2D eigenvalue weighted by Crippen LogP contribution is -2.45. The SMILES string of the molecule is CCNC(=NCc1cccc(Cn2cncn2)c1)NCC1COc2ccccc2O1. The number of nitrogens with one attached hydrogen (secondary N) is 2. The lowest BCUT2D eigenvalue weighted by Gasteiger charge is -2.27. The van der Waals surface area contributed by atoms with Gasteiger partial charge in [-0.25, -0.2) is 14.7 Å². The summed E-state index contributed by atoms with van der Waals surface area (Å²) in [6, 6.07) is 16.1. The number of nitrogens with zero attached hydrogens (tertiary/aromatic N) is 4. The molecular weight excluding hydrogens is 380 g/mol. The lowest BCUT2D eigenvalue weighted by molar-refractivity contribution is 0.0936. The van der Waals surface area contributed by atoms with Gasteiger partial charge in [-0.15, -0.1) is 0 Å². The molecule has 0 spiro atoms. The Morgan fingerprint density at radius 3 is 2.83 bits per heavy atom. The number of benzene rings is 2. The highest BCUT2D eigenvalue weighted by molar-refractivity contribution is 5.79. The molecule has 8 heteroatoms. The van der Waals surface area contributed by atoms with E-state index < -0.39 is 0 Å². The van der Waals surface area contributed by atoms with Crippen LogP contribution in [0.15, 0.2) is 66.2 Å². The van der Waals surface area contributed by atoms with Crippen molar-refractivity contribution in [3.8, 4) is 11.5 Å². The zero-order chi connectivity index (χ0) is 20.6. The summed E-state index contributed by atoms with van der Waals surface area (Å²) in [5, 5.41) is 10.8. The van der Waals surface area contributed by atoms with Crippen molar-refractivity contribution < 1.29 is 9.47 Å². The van der Waals surface area contributed by atoms with Gasteiger partial charge in [0, 0.05) is 6.54 Å². The summed E-state index contributed by atoms with van der Waals surface area (Å²) >= 11 is 0. The number of aromatic nitrogens is 3. The van der Waals surface area contributed by atoms with E-state index in [9.17, 15) is 0 Å². The maximum Gasteiger partial charge on any atom is 0.191 e. The van der Waals surface area contributed by atoms with Gasteiger partial charge < -0.3 is 20.1 Å². The molecule has 1 unspecified atom stereocenters. The van der Waals surface area contributed by atoms with Gasteiger partial charge in [-0.3, -0.25) is 0 Å². The van der Waals surface area contributed by atoms with Crippen LogP contribution >= 0.6 is 0 Å². The molecule has 30 heavy (non-hydrogen) atoms. The Morgan fingerprint density at radius 2 is 2.00 bits per heavy atom. The third-order valence-electron chi connectivity index (χ3n) is 4.63. The Bertz CT molecular complexity index is 973. The van der Waals surface area contributed by atoms with E-state index in [0.29, 0.717) is 26.2 Å². The van der Waals surface area contributed by atoms with Gasteiger partial charge in [0.15, 0.2) is 17.5 Å². The predicted molar refractivity (Wildman–Crippen MR) is 115 cm³/mol. The van der Waals surface area contributed by atoms with Crippen molar-refractivity contribution >= 4 is 5.96 Å². The zero-order valence-electron chi connectivity index (χ0n) is 17.0. The average Bonchev–Trinajstić information content (AvgIpc) is 3.29. The quantitative estimate of drug-likeness (QED) is 0.462. The number of hydrogen-bond donors (Lipinski definition) is 2. The summed E-state index contributed by atoms with van der Waals surface area (Å²) in [4.78, 5) is 8.70. The maximum atomic E-state index is 6.01. The van der Waals surface area contributed by atoms with E-state index in [0.717, 1.165) is 35.1 Å². The minimum absolute atomic E-state index is 0.0743. The van der Waals surface area contributed by atoms with Crippen molar-refractivity contribution in [1.82, 2.24) is 25.4 Å². The molecule has 3 aromatic rings. The maximum absolute atomic E-state index is 6.01. The Morgan fingerprint density at radius 1 is 1.13 bits per heavy atom. The van der Waals surface area contributed by atoms with Crippen molar-refractivity contribution in [3.63, 3.8) is 0 Å². The second-order valence-corrected chi connectivity index (χ2v) is 6.99. The Kier molecular flexibility index (Phi) is 6.44. The number of aliphatic imine (C=N–C) groups is 1. The smallest absolute Gasteiger partial charge is 0.191 e. The molecule has 8 nitrogen and oxygen atoms in total. The second-order valence-electron chi connectivity index (χ2n) is 6.99. The van der Waals surface area contributed by atoms with Crippen molar-refractivity contribution in [2.24, 2.45) is 4.99 Å². The number of para-hydroxylation sites is 2. The van der Waals surface area contributed by atoms with Gasteiger partial charge in [-0.1, -0.05) is 36.4 Å². The molecule has 2 heterocycles. The first kappa shape index (κ1) is 19.8. The summed E-state index contributed by atoms with van der Waals surface area (Å²) < 4.78 is 13.6. The summed E-state index contributed by atoms with van der Waals surface area (Å²) in [7, 11) is 0. The standard InChI is InChI=1S/C22H26N6O2/c1-2-24-22(26-12-19-14-29-20-8-3-4-9-21(20)30-19)25-11-17-6-5-7-18(10-17)13-28-16-23-15-27-28/h3-10,15-16,19H,2,11-14H2,1H3,(H2,24,25,26). The van der Waals surface area contributed by atoms with Gasteiger partial charge in [0.1, 0.15) is 25.4 Å². The third-order valence-corrected chi connectivity index (χ3v) is 4.63. The lowest BCUT2D eigenvalue weighted by atomic mass is 10.1. The predicted octanol–water partition coefficient (Wildman–Crippen LogP) is 2.22. The van der Waals surface area contributed by atoms with Gasteiger partial charge in [0.2, 0.25) is 0 Å². The van der Waals surface area contributed by atoms with E-state index in [-0.39, 0.29) is 6.10 Å². The number of rotatable bonds is 7. The molecule has 1 atom stereocenters. The molecule has 1 aromatic heterocycles.